The first-order valence-corrected chi connectivity index (χ1v) is 8.73. The van der Waals surface area contributed by atoms with Gasteiger partial charge in [-0.05, 0) is 12.8 Å². The molecule has 3 heterocycles. The van der Waals surface area contributed by atoms with Crippen molar-refractivity contribution < 1.29 is 18.7 Å². The normalized spacial score (nSPS) is 16.0. The van der Waals surface area contributed by atoms with Crippen molar-refractivity contribution in [3.63, 3.8) is 0 Å². The molecular formula is C18H15F2N5O3. The number of nitrogens with one attached hydrogen (secondary N) is 1. The van der Waals surface area contributed by atoms with Crippen LogP contribution in [0.4, 0.5) is 20.2 Å². The number of pyridine rings is 1. The predicted octanol–water partition coefficient (Wildman–Crippen LogP) is 2.14. The van der Waals surface area contributed by atoms with Crippen molar-refractivity contribution in [2.75, 3.05) is 10.6 Å². The quantitative estimate of drug-likeness (QED) is 0.593. The van der Waals surface area contributed by atoms with Gasteiger partial charge in [0.2, 0.25) is 5.43 Å². The third kappa shape index (κ3) is 2.17. The first-order chi connectivity index (χ1) is 13.4. The minimum Gasteiger partial charge on any atom is -0.477 e. The summed E-state index contributed by atoms with van der Waals surface area (Å²) >= 11 is 0. The molecule has 0 atom stereocenters. The Labute approximate surface area is 156 Å². The predicted molar refractivity (Wildman–Crippen MR) is 96.2 cm³/mol. The van der Waals surface area contributed by atoms with E-state index in [0.29, 0.717) is 12.8 Å². The number of aromatic carboxylic acids is 1. The third-order valence-corrected chi connectivity index (χ3v) is 5.37. The molecule has 0 amide bonds. The number of carboxylic acids is 1. The van der Waals surface area contributed by atoms with Crippen LogP contribution in [0.1, 0.15) is 40.5 Å². The lowest BCUT2D eigenvalue weighted by atomic mass is 10.1. The summed E-state index contributed by atoms with van der Waals surface area (Å²) in [6.45, 7) is 0.459. The SMILES string of the molecule is Nc1c(F)c(N2Cc3cn[nH]c3C2)c(F)c2c1c(=O)c(C(=O)O)cn2C1CC1. The van der Waals surface area contributed by atoms with Crippen molar-refractivity contribution in [3.8, 4) is 0 Å². The number of carbonyl (C=O) groups is 1. The molecule has 0 unspecified atom stereocenters. The average Bonchev–Trinajstić information content (AvgIpc) is 3.27. The summed E-state index contributed by atoms with van der Waals surface area (Å²) in [4.78, 5) is 25.6. The third-order valence-electron chi connectivity index (χ3n) is 5.37. The minimum absolute atomic E-state index is 0.149. The van der Waals surface area contributed by atoms with Gasteiger partial charge in [-0.15, -0.1) is 0 Å². The number of hydrogen-bond acceptors (Lipinski definition) is 5. The fraction of sp³-hybridized carbons (Fsp3) is 0.278. The van der Waals surface area contributed by atoms with Crippen molar-refractivity contribution in [2.45, 2.75) is 32.0 Å². The van der Waals surface area contributed by atoms with Crippen LogP contribution in [-0.4, -0.2) is 25.8 Å². The molecule has 0 saturated heterocycles. The Morgan fingerprint density at radius 1 is 1.29 bits per heavy atom. The van der Waals surface area contributed by atoms with Crippen LogP contribution in [0, 0.1) is 11.6 Å². The first-order valence-electron chi connectivity index (χ1n) is 8.73. The van der Waals surface area contributed by atoms with Crippen LogP contribution in [0.3, 0.4) is 0 Å². The Morgan fingerprint density at radius 3 is 2.68 bits per heavy atom. The van der Waals surface area contributed by atoms with Gasteiger partial charge in [0.1, 0.15) is 11.3 Å². The molecule has 28 heavy (non-hydrogen) atoms. The fourth-order valence-corrected chi connectivity index (χ4v) is 3.84. The second-order valence-corrected chi connectivity index (χ2v) is 7.16. The van der Waals surface area contributed by atoms with Gasteiger partial charge in [-0.3, -0.25) is 9.89 Å². The number of rotatable bonds is 3. The van der Waals surface area contributed by atoms with Gasteiger partial charge in [0.25, 0.3) is 0 Å². The van der Waals surface area contributed by atoms with Crippen molar-refractivity contribution in [2.24, 2.45) is 0 Å². The summed E-state index contributed by atoms with van der Waals surface area (Å²) in [6.07, 6.45) is 4.15. The van der Waals surface area contributed by atoms with Gasteiger partial charge in [-0.25, -0.2) is 13.6 Å². The molecule has 5 rings (SSSR count). The zero-order valence-electron chi connectivity index (χ0n) is 14.5. The number of benzene rings is 1. The summed E-state index contributed by atoms with van der Waals surface area (Å²) in [7, 11) is 0. The van der Waals surface area contributed by atoms with Crippen molar-refractivity contribution in [3.05, 3.63) is 51.1 Å². The molecule has 0 radical (unpaired) electrons. The lowest BCUT2D eigenvalue weighted by Gasteiger charge is -2.23. The summed E-state index contributed by atoms with van der Waals surface area (Å²) in [6, 6.07) is -0.149. The lowest BCUT2D eigenvalue weighted by molar-refractivity contribution is 0.0695. The van der Waals surface area contributed by atoms with E-state index in [0.717, 1.165) is 17.5 Å². The second kappa shape index (κ2) is 5.54. The Bertz CT molecular complexity index is 1210. The van der Waals surface area contributed by atoms with Crippen LogP contribution in [0.15, 0.2) is 17.2 Å². The number of aromatic nitrogens is 3. The summed E-state index contributed by atoms with van der Waals surface area (Å²) in [5.74, 6) is -3.44. The van der Waals surface area contributed by atoms with Gasteiger partial charge in [-0.1, -0.05) is 0 Å². The molecule has 1 saturated carbocycles. The highest BCUT2D eigenvalue weighted by molar-refractivity contribution is 5.99. The zero-order valence-corrected chi connectivity index (χ0v) is 14.5. The molecule has 1 fully saturated rings. The largest absolute Gasteiger partial charge is 0.477 e. The Balaban J connectivity index is 1.82. The molecule has 10 heteroatoms. The second-order valence-electron chi connectivity index (χ2n) is 7.16. The molecule has 144 valence electrons. The monoisotopic (exact) mass is 387 g/mol. The van der Waals surface area contributed by atoms with Crippen molar-refractivity contribution in [1.82, 2.24) is 14.8 Å². The summed E-state index contributed by atoms with van der Waals surface area (Å²) in [5.41, 5.74) is 4.90. The minimum atomic E-state index is -1.46. The van der Waals surface area contributed by atoms with Crippen LogP contribution in [0.25, 0.3) is 10.9 Å². The van der Waals surface area contributed by atoms with Gasteiger partial charge in [0, 0.05) is 24.3 Å². The molecule has 2 aliphatic rings. The number of nitrogens with zero attached hydrogens (tertiary/aromatic N) is 3. The highest BCUT2D eigenvalue weighted by Gasteiger charge is 2.34. The molecule has 4 N–H and O–H groups in total. The lowest BCUT2D eigenvalue weighted by Crippen LogP contribution is -2.24. The number of nitrogens with two attached hydrogens (primary N) is 1. The maximum absolute atomic E-state index is 15.6. The number of fused-ring (bicyclic) bond motifs is 2. The Kier molecular flexibility index (Phi) is 3.31. The van der Waals surface area contributed by atoms with E-state index in [2.05, 4.69) is 10.2 Å². The zero-order chi connectivity index (χ0) is 19.7. The van der Waals surface area contributed by atoms with E-state index in [1.807, 2.05) is 0 Å². The first kappa shape index (κ1) is 16.7. The van der Waals surface area contributed by atoms with Gasteiger partial charge < -0.3 is 20.3 Å². The standard InChI is InChI=1S/C18H15F2N5O3/c19-12-14(21)11-15(25(8-1-2-8)5-9(17(11)26)18(27)28)13(20)16(12)24-4-7-3-22-23-10(7)6-24/h3,5,8H,1-2,4,6,21H2,(H,22,23)(H,27,28). The van der Waals surface area contributed by atoms with E-state index in [-0.39, 0.29) is 30.3 Å². The van der Waals surface area contributed by atoms with Crippen LogP contribution in [-0.2, 0) is 13.1 Å². The average molecular weight is 387 g/mol. The molecule has 0 spiro atoms. The van der Waals surface area contributed by atoms with E-state index in [4.69, 9.17) is 5.73 Å². The summed E-state index contributed by atoms with van der Waals surface area (Å²) in [5, 5.41) is 15.6. The molecule has 8 nitrogen and oxygen atoms in total. The van der Waals surface area contributed by atoms with Crippen LogP contribution >= 0.6 is 0 Å². The number of nitrogen functional groups attached to an aromatic ring is 1. The van der Waals surface area contributed by atoms with Gasteiger partial charge in [0.15, 0.2) is 11.6 Å². The number of carboxylic acid groups (broad SMARTS) is 1. The number of anilines is 2. The maximum Gasteiger partial charge on any atom is 0.341 e. The van der Waals surface area contributed by atoms with E-state index >= 15 is 8.78 Å². The number of hydrogen-bond donors (Lipinski definition) is 3. The van der Waals surface area contributed by atoms with Crippen molar-refractivity contribution >= 4 is 28.2 Å². The van der Waals surface area contributed by atoms with Crippen LogP contribution in [0.2, 0.25) is 0 Å². The van der Waals surface area contributed by atoms with Crippen LogP contribution < -0.4 is 16.1 Å². The Morgan fingerprint density at radius 2 is 2.04 bits per heavy atom. The van der Waals surface area contributed by atoms with Gasteiger partial charge >= 0.3 is 5.97 Å². The fourth-order valence-electron chi connectivity index (χ4n) is 3.84. The van der Waals surface area contributed by atoms with E-state index < -0.39 is 39.7 Å². The Hall–Kier alpha value is -3.43. The van der Waals surface area contributed by atoms with E-state index in [1.165, 1.54) is 9.47 Å². The van der Waals surface area contributed by atoms with E-state index in [9.17, 15) is 14.7 Å². The molecule has 2 aromatic heterocycles. The highest BCUT2D eigenvalue weighted by atomic mass is 19.1. The van der Waals surface area contributed by atoms with Gasteiger partial charge in [0.05, 0.1) is 35.0 Å². The maximum atomic E-state index is 15.6. The smallest absolute Gasteiger partial charge is 0.341 e. The summed E-state index contributed by atoms with van der Waals surface area (Å²) < 4.78 is 32.1. The van der Waals surface area contributed by atoms with Crippen molar-refractivity contribution in [1.29, 1.82) is 0 Å². The van der Waals surface area contributed by atoms with Crippen LogP contribution in [0.5, 0.6) is 0 Å². The van der Waals surface area contributed by atoms with E-state index in [1.54, 1.807) is 6.20 Å². The molecule has 0 bridgehead atoms. The number of halogens is 2. The topological polar surface area (TPSA) is 117 Å². The van der Waals surface area contributed by atoms with Gasteiger partial charge in [-0.2, -0.15) is 5.10 Å². The molecule has 1 aliphatic carbocycles. The molecule has 3 aromatic rings. The number of H-pyrrole nitrogens is 1. The molecule has 1 aliphatic heterocycles. The highest BCUT2D eigenvalue weighted by Crippen LogP contribution is 2.42. The molecular weight excluding hydrogens is 372 g/mol. The number of aromatic amines is 1. The molecule has 1 aromatic carbocycles.